The van der Waals surface area contributed by atoms with Gasteiger partial charge in [-0.2, -0.15) is 4.58 Å². The van der Waals surface area contributed by atoms with Crippen LogP contribution in [0.1, 0.15) is 234 Å². The van der Waals surface area contributed by atoms with Crippen LogP contribution in [-0.2, 0) is 57.7 Å². The van der Waals surface area contributed by atoms with Crippen molar-refractivity contribution < 1.29 is 9.37 Å². The van der Waals surface area contributed by atoms with Crippen LogP contribution < -0.4 is 10.6 Å². The van der Waals surface area contributed by atoms with Crippen LogP contribution in [0.25, 0.3) is 38.4 Å². The molecule has 6 aromatic carbocycles. The van der Waals surface area contributed by atoms with Gasteiger partial charge in [-0.25, -0.2) is 9.78 Å². The number of aryl methyl sites for hydroxylation is 3. The van der Waals surface area contributed by atoms with Crippen molar-refractivity contribution in [2.24, 2.45) is 5.41 Å². The molecule has 0 bridgehead atoms. The Morgan fingerprint density at radius 3 is 1.63 bits per heavy atom. The van der Waals surface area contributed by atoms with Crippen molar-refractivity contribution in [1.82, 2.24) is 29.5 Å². The predicted octanol–water partition coefficient (Wildman–Crippen LogP) is 26.5. The number of nitrogens with one attached hydrogen (secondary N) is 3. The second kappa shape index (κ2) is 35.2. The predicted molar refractivity (Wildman–Crippen MR) is 470 cm³/mol. The number of rotatable bonds is 1. The van der Waals surface area contributed by atoms with E-state index in [1.54, 1.807) is 28.3 Å². The molecule has 578 valence electrons. The maximum Gasteiger partial charge on any atom is 0.326 e. The molecule has 0 amide bonds. The number of benzene rings is 6. The largest absolute Gasteiger partial charge is 0.361 e. The number of anilines is 1. The number of hydrogen-bond acceptors (Lipinski definition) is 6. The van der Waals surface area contributed by atoms with Gasteiger partial charge in [0.1, 0.15) is 4.34 Å². The Hall–Kier alpha value is -7.51. The summed E-state index contributed by atoms with van der Waals surface area (Å²) in [5.41, 5.74) is 21.8. The maximum atomic E-state index is 11.7. The number of carbonyl (C=O) groups excluding carboxylic acids is 1. The molecule has 3 N–H and O–H groups in total. The lowest BCUT2D eigenvalue weighted by atomic mass is 9.83. The lowest BCUT2D eigenvalue weighted by molar-refractivity contribution is -0.513. The number of carbonyl (C=O) groups is 1. The Morgan fingerprint density at radius 2 is 1.07 bits per heavy atom. The Labute approximate surface area is 670 Å². The number of nitrogens with zero attached hydrogens (tertiary/aromatic N) is 5. The smallest absolute Gasteiger partial charge is 0.326 e. The molecule has 0 saturated heterocycles. The second-order valence-electron chi connectivity index (χ2n) is 36.5. The van der Waals surface area contributed by atoms with Gasteiger partial charge in [0, 0.05) is 123 Å². The summed E-state index contributed by atoms with van der Waals surface area (Å²) in [6, 6.07) is 43.6. The van der Waals surface area contributed by atoms with E-state index in [-0.39, 0.29) is 49.4 Å². The monoisotopic (exact) mass is 1550 g/mol. The highest BCUT2D eigenvalue weighted by Crippen LogP contribution is 2.42. The molecule has 0 atom stereocenters. The first-order valence-corrected chi connectivity index (χ1v) is 40.1. The highest BCUT2D eigenvalue weighted by atomic mass is 35.5. The van der Waals surface area contributed by atoms with E-state index in [4.69, 9.17) is 46.4 Å². The van der Waals surface area contributed by atoms with E-state index in [1.165, 1.54) is 72.2 Å². The standard InChI is InChI=1S/C14H17Cl.C13H16ClN.C13H17NO.C12H16N.C12H15N.C11H16ClN.C11H14N2O.C7H10ClNS/c1-9-7-11-10(8-13(9)15)5-6-12(11)14(2,3)4;1-8-5-9-10(13(2,3)4)7-15-12(9)6-11(8)14;1-13(2,3)14-9-11(15)8-10-6-4-5-7-12(10)14;1-12(2,3)13-9-8-10-6-4-5-7-11(10)13;1-12(2,3)10-8-13-11-7-5-4-6-9(10)11;1-5-8-6-10(11(2,3)4)13-7-9(8)12;1-11(2,3)13-9-7-5-4-6-8(9)12-10(13)14;1-7(2,3)6-9-4-5(8)10-6/h6-8H,5H2,1-4H3;5-7,15H,1-4H3;4-7H,8-9H2,1-3H3;4-7,9H,8H2,1-3H3;4-8,13H,1-3H3;6-7H,5H2,1-4H3;4-7H,1-3H3,(H,12,14);4H,1-3H3/q;;;+1;;;;. The minimum atomic E-state index is -0.184. The molecule has 0 radical (unpaired) electrons. The van der Waals surface area contributed by atoms with Crippen LogP contribution in [0.2, 0.25) is 19.4 Å². The van der Waals surface area contributed by atoms with E-state index in [9.17, 15) is 9.59 Å². The number of thiazole rings is 1. The van der Waals surface area contributed by atoms with Crippen molar-refractivity contribution in [2.45, 2.75) is 251 Å². The van der Waals surface area contributed by atoms with Gasteiger partial charge in [-0.05, 0) is 189 Å². The number of imidazole rings is 1. The van der Waals surface area contributed by atoms with Crippen LogP contribution in [0.15, 0.2) is 163 Å². The first kappa shape index (κ1) is 87.7. The van der Waals surface area contributed by atoms with Crippen molar-refractivity contribution in [3.63, 3.8) is 0 Å². The first-order valence-electron chi connectivity index (χ1n) is 37.8. The minimum Gasteiger partial charge on any atom is -0.361 e. The van der Waals surface area contributed by atoms with Crippen molar-refractivity contribution >= 4 is 120 Å². The van der Waals surface area contributed by atoms with E-state index in [0.29, 0.717) is 18.7 Å². The van der Waals surface area contributed by atoms with E-state index < -0.39 is 0 Å². The third-order valence-electron chi connectivity index (χ3n) is 18.9. The molecule has 3 aliphatic rings. The molecule has 0 unspecified atom stereocenters. The summed E-state index contributed by atoms with van der Waals surface area (Å²) in [7, 11) is 0. The summed E-state index contributed by atoms with van der Waals surface area (Å²) >= 11 is 25.5. The molecular formula is C93H121Cl4N8O2S+. The Kier molecular flexibility index (Phi) is 28.6. The number of para-hydroxylation sites is 5. The summed E-state index contributed by atoms with van der Waals surface area (Å²) in [5, 5.41) is 6.20. The molecule has 0 spiro atoms. The molecule has 7 heterocycles. The molecule has 15 heteroatoms. The minimum absolute atomic E-state index is 0.00613. The van der Waals surface area contributed by atoms with Crippen LogP contribution in [0, 0.1) is 19.3 Å². The summed E-state index contributed by atoms with van der Waals surface area (Å²) < 4.78 is 4.91. The normalized spacial score (nSPS) is 13.5. The summed E-state index contributed by atoms with van der Waals surface area (Å²) in [5.74, 6) is 0.309. The summed E-state index contributed by atoms with van der Waals surface area (Å²) in [6.07, 6.45) is 15.9. The average molecular weight is 1560 g/mol. The van der Waals surface area contributed by atoms with E-state index in [1.807, 2.05) is 76.2 Å². The summed E-state index contributed by atoms with van der Waals surface area (Å²) in [4.78, 5) is 43.4. The SMILES string of the molecule is CC(C)(C)N1CC(=O)Cc2ccccc21.CC(C)(C)[N+]1=CCc2ccccc21.CC(C)(C)c1c[nH]c2ccccc12.CC(C)(C)c1ncc(Cl)s1.CC(C)(C)n1c(=O)[nH]c2ccccc21.CCc1cc(C(C)(C)C)ncc1Cl.Cc1cc2c(C(C)(C)C)c[nH]c2cc1Cl.Cc1cc2c(cc1Cl)CC=C2C(C)(C)C. The zero-order valence-corrected chi connectivity index (χ0v) is 73.4. The first-order chi connectivity index (χ1) is 49.9. The number of allylic oxidation sites excluding steroid dienone is 2. The number of ketones is 1. The van der Waals surface area contributed by atoms with E-state index in [0.717, 1.165) is 77.0 Å². The molecule has 5 aromatic heterocycles. The van der Waals surface area contributed by atoms with Gasteiger partial charge in [-0.3, -0.25) is 14.3 Å². The van der Waals surface area contributed by atoms with Gasteiger partial charge in [0.15, 0.2) is 17.5 Å². The van der Waals surface area contributed by atoms with E-state index >= 15 is 0 Å². The molecule has 10 nitrogen and oxygen atoms in total. The van der Waals surface area contributed by atoms with Crippen LogP contribution in [0.4, 0.5) is 11.4 Å². The number of H-pyrrole nitrogens is 3. The molecular weight excluding hydrogens is 1430 g/mol. The fraction of sp³-hybridized carbons (Fsp3) is 0.430. The molecule has 108 heavy (non-hydrogen) atoms. The Bertz CT molecular complexity index is 5020. The number of halogens is 4. The number of pyridine rings is 1. The van der Waals surface area contributed by atoms with Gasteiger partial charge >= 0.3 is 5.69 Å². The number of hydrogen-bond donors (Lipinski definition) is 3. The molecule has 11 aromatic rings. The van der Waals surface area contributed by atoms with Crippen molar-refractivity contribution in [3.8, 4) is 0 Å². The van der Waals surface area contributed by atoms with Gasteiger partial charge in [-0.1, -0.05) is 230 Å². The molecule has 0 fully saturated rings. The maximum absolute atomic E-state index is 11.7. The second-order valence-corrected chi connectivity index (χ2v) is 39.4. The van der Waals surface area contributed by atoms with Crippen LogP contribution >= 0.6 is 57.7 Å². The topological polar surface area (TPSA) is 118 Å². The summed E-state index contributed by atoms with van der Waals surface area (Å²) in [6.45, 7) is 59.0. The average Bonchev–Trinajstić information content (AvgIpc) is 1.81. The Morgan fingerprint density at radius 1 is 0.519 bits per heavy atom. The third kappa shape index (κ3) is 23.3. The van der Waals surface area contributed by atoms with E-state index in [2.05, 4.69) is 297 Å². The van der Waals surface area contributed by atoms with Crippen molar-refractivity contribution in [1.29, 1.82) is 0 Å². The van der Waals surface area contributed by atoms with Gasteiger partial charge < -0.3 is 19.9 Å². The highest BCUT2D eigenvalue weighted by molar-refractivity contribution is 7.15. The molecule has 14 rings (SSSR count). The van der Waals surface area contributed by atoms with Gasteiger partial charge in [0.25, 0.3) is 0 Å². The van der Waals surface area contributed by atoms with Crippen molar-refractivity contribution in [2.75, 3.05) is 11.4 Å². The number of Topliss-reactive ketones (excluding diaryl/α,β-unsaturated/α-hetero) is 1. The van der Waals surface area contributed by atoms with Crippen LogP contribution in [0.5, 0.6) is 0 Å². The quantitative estimate of drug-likeness (QED) is 0.142. The van der Waals surface area contributed by atoms with Gasteiger partial charge in [-0.15, -0.1) is 11.3 Å². The number of fused-ring (bicyclic) bond motifs is 6. The van der Waals surface area contributed by atoms with Gasteiger partial charge in [0.05, 0.1) is 40.2 Å². The third-order valence-corrected chi connectivity index (χ3v) is 21.6. The molecule has 0 saturated carbocycles. The fourth-order valence-corrected chi connectivity index (χ4v) is 14.7. The lowest BCUT2D eigenvalue weighted by Crippen LogP contribution is -2.47. The van der Waals surface area contributed by atoms with Gasteiger partial charge in [0.2, 0.25) is 5.69 Å². The lowest BCUT2D eigenvalue weighted by Gasteiger charge is -2.40. The number of aromatic nitrogens is 6. The van der Waals surface area contributed by atoms with Crippen molar-refractivity contribution in [3.05, 3.63) is 249 Å². The number of aromatic amines is 3. The van der Waals surface area contributed by atoms with Crippen LogP contribution in [0.3, 0.4) is 0 Å². The highest BCUT2D eigenvalue weighted by Gasteiger charge is 2.33. The molecule has 1 aliphatic carbocycles. The molecule has 2 aliphatic heterocycles. The zero-order chi connectivity index (χ0) is 80.6. The Balaban J connectivity index is 0.000000172. The van der Waals surface area contributed by atoms with Crippen LogP contribution in [-0.4, -0.2) is 63.7 Å². The fourth-order valence-electron chi connectivity index (χ4n) is 13.1. The zero-order valence-electron chi connectivity index (χ0n) is 69.6.